The van der Waals surface area contributed by atoms with Gasteiger partial charge in [-0.3, -0.25) is 5.10 Å². The number of benzene rings is 1. The summed E-state index contributed by atoms with van der Waals surface area (Å²) in [5, 5.41) is 42.5. The molecular formula is C13H12N2O6. The van der Waals surface area contributed by atoms with Crippen LogP contribution in [0.3, 0.4) is 0 Å². The molecule has 0 bridgehead atoms. The number of carboxylic acids is 2. The molecule has 0 spiro atoms. The number of rotatable bonds is 5. The number of nitrogens with zero attached hydrogens (tertiary/aromatic N) is 1. The van der Waals surface area contributed by atoms with Gasteiger partial charge in [0.2, 0.25) is 0 Å². The van der Waals surface area contributed by atoms with Crippen molar-refractivity contribution in [3.05, 3.63) is 41.6 Å². The smallest absolute Gasteiger partial charge is 0.353 e. The number of hydrogen-bond donors (Lipinski definition) is 5. The van der Waals surface area contributed by atoms with Gasteiger partial charge in [0.1, 0.15) is 11.8 Å². The molecule has 1 aromatic carbocycles. The molecule has 8 nitrogen and oxygen atoms in total. The lowest BCUT2D eigenvalue weighted by Gasteiger charge is -2.14. The van der Waals surface area contributed by atoms with Crippen LogP contribution < -0.4 is 0 Å². The summed E-state index contributed by atoms with van der Waals surface area (Å²) in [7, 11) is 0. The van der Waals surface area contributed by atoms with Gasteiger partial charge in [0, 0.05) is 5.56 Å². The van der Waals surface area contributed by atoms with E-state index < -0.39 is 24.1 Å². The highest BCUT2D eigenvalue weighted by atomic mass is 16.4. The standard InChI is InChI=1S/C13H12N2O6/c16-10(11(17)13(20)21)7-3-1-6(2-4-7)8-5-9(12(18)19)15-14-8/h1-5,10-11,16-17H,(H,14,15)(H,18,19)(H,20,21). The maximum atomic E-state index is 10.7. The van der Waals surface area contributed by atoms with Gasteiger partial charge in [0.25, 0.3) is 0 Å². The number of carbonyl (C=O) groups is 2. The average Bonchev–Trinajstić information content (AvgIpc) is 2.96. The Hall–Kier alpha value is -2.71. The summed E-state index contributed by atoms with van der Waals surface area (Å²) in [6.07, 6.45) is -3.47. The molecule has 0 saturated heterocycles. The molecule has 2 aromatic rings. The van der Waals surface area contributed by atoms with Gasteiger partial charge in [0.15, 0.2) is 6.10 Å². The SMILES string of the molecule is O=C(O)c1cc(-c2ccc(C(O)C(O)C(=O)O)cc2)n[nH]1. The highest BCUT2D eigenvalue weighted by Crippen LogP contribution is 2.22. The quantitative estimate of drug-likeness (QED) is 0.531. The molecule has 0 aliphatic rings. The van der Waals surface area contributed by atoms with E-state index in [1.165, 1.54) is 30.3 Å². The van der Waals surface area contributed by atoms with Crippen LogP contribution in [0, 0.1) is 0 Å². The minimum absolute atomic E-state index is 0.0598. The van der Waals surface area contributed by atoms with Crippen LogP contribution >= 0.6 is 0 Å². The highest BCUT2D eigenvalue weighted by Gasteiger charge is 2.25. The molecule has 1 heterocycles. The number of aliphatic hydroxyl groups excluding tert-OH is 2. The summed E-state index contributed by atoms with van der Waals surface area (Å²) in [5.74, 6) is -2.66. The van der Waals surface area contributed by atoms with Gasteiger partial charge in [-0.25, -0.2) is 9.59 Å². The minimum atomic E-state index is -1.92. The van der Waals surface area contributed by atoms with E-state index in [2.05, 4.69) is 10.2 Å². The number of aliphatic carboxylic acids is 1. The van der Waals surface area contributed by atoms with Gasteiger partial charge in [-0.2, -0.15) is 5.10 Å². The van der Waals surface area contributed by atoms with Crippen molar-refractivity contribution in [2.45, 2.75) is 12.2 Å². The zero-order valence-corrected chi connectivity index (χ0v) is 10.6. The lowest BCUT2D eigenvalue weighted by molar-refractivity contribution is -0.153. The number of aromatic amines is 1. The van der Waals surface area contributed by atoms with E-state index >= 15 is 0 Å². The number of aromatic nitrogens is 2. The summed E-state index contributed by atoms with van der Waals surface area (Å²) >= 11 is 0. The van der Waals surface area contributed by atoms with Gasteiger partial charge in [-0.15, -0.1) is 0 Å². The van der Waals surface area contributed by atoms with Gasteiger partial charge in [-0.1, -0.05) is 24.3 Å². The molecule has 2 rings (SSSR count). The predicted molar refractivity (Wildman–Crippen MR) is 69.6 cm³/mol. The van der Waals surface area contributed by atoms with E-state index in [4.69, 9.17) is 10.2 Å². The van der Waals surface area contributed by atoms with Crippen molar-refractivity contribution in [2.75, 3.05) is 0 Å². The zero-order valence-electron chi connectivity index (χ0n) is 10.6. The van der Waals surface area contributed by atoms with Crippen LogP contribution in [-0.2, 0) is 4.79 Å². The average molecular weight is 292 g/mol. The Bertz CT molecular complexity index is 664. The Morgan fingerprint density at radius 2 is 1.71 bits per heavy atom. The van der Waals surface area contributed by atoms with Gasteiger partial charge < -0.3 is 20.4 Å². The summed E-state index contributed by atoms with van der Waals surface area (Å²) in [5.41, 5.74) is 1.14. The lowest BCUT2D eigenvalue weighted by atomic mass is 10.0. The van der Waals surface area contributed by atoms with Crippen LogP contribution in [0.5, 0.6) is 0 Å². The molecule has 0 aliphatic heterocycles. The molecule has 5 N–H and O–H groups in total. The third-order valence-electron chi connectivity index (χ3n) is 2.91. The van der Waals surface area contributed by atoms with Crippen molar-refractivity contribution in [2.24, 2.45) is 0 Å². The number of aromatic carboxylic acids is 1. The van der Waals surface area contributed by atoms with E-state index in [-0.39, 0.29) is 11.3 Å². The first kappa shape index (κ1) is 14.7. The molecule has 1 aromatic heterocycles. The molecule has 2 atom stereocenters. The van der Waals surface area contributed by atoms with Crippen LogP contribution in [0.2, 0.25) is 0 Å². The molecule has 0 radical (unpaired) electrons. The molecule has 0 aliphatic carbocycles. The molecule has 0 fully saturated rings. The third kappa shape index (κ3) is 3.07. The first-order valence-electron chi connectivity index (χ1n) is 5.88. The normalized spacial score (nSPS) is 13.6. The van der Waals surface area contributed by atoms with Crippen LogP contribution in [0.25, 0.3) is 11.3 Å². The fourth-order valence-corrected chi connectivity index (χ4v) is 1.75. The highest BCUT2D eigenvalue weighted by molar-refractivity contribution is 5.86. The first-order valence-corrected chi connectivity index (χ1v) is 5.88. The Kier molecular flexibility index (Phi) is 4.01. The number of nitrogens with one attached hydrogen (secondary N) is 1. The first-order chi connectivity index (χ1) is 9.90. The fraction of sp³-hybridized carbons (Fsp3) is 0.154. The molecule has 0 amide bonds. The van der Waals surface area contributed by atoms with E-state index in [1.54, 1.807) is 0 Å². The largest absolute Gasteiger partial charge is 0.479 e. The molecule has 2 unspecified atom stereocenters. The predicted octanol–water partition coefficient (Wildman–Crippen LogP) is 0.254. The number of aliphatic hydroxyl groups is 2. The van der Waals surface area contributed by atoms with Crippen LogP contribution in [0.4, 0.5) is 0 Å². The van der Waals surface area contributed by atoms with Gasteiger partial charge in [-0.05, 0) is 11.6 Å². The lowest BCUT2D eigenvalue weighted by Crippen LogP contribution is -2.27. The van der Waals surface area contributed by atoms with Crippen molar-refractivity contribution in [1.29, 1.82) is 0 Å². The van der Waals surface area contributed by atoms with Crippen LogP contribution in [0.1, 0.15) is 22.2 Å². The third-order valence-corrected chi connectivity index (χ3v) is 2.91. The molecule has 21 heavy (non-hydrogen) atoms. The van der Waals surface area contributed by atoms with Crippen LogP contribution in [0.15, 0.2) is 30.3 Å². The second-order valence-electron chi connectivity index (χ2n) is 4.32. The van der Waals surface area contributed by atoms with Crippen molar-refractivity contribution in [3.8, 4) is 11.3 Å². The van der Waals surface area contributed by atoms with Crippen molar-refractivity contribution >= 4 is 11.9 Å². The molecular weight excluding hydrogens is 280 g/mol. The zero-order chi connectivity index (χ0) is 15.6. The maximum Gasteiger partial charge on any atom is 0.353 e. The second-order valence-corrected chi connectivity index (χ2v) is 4.32. The van der Waals surface area contributed by atoms with Crippen LogP contribution in [-0.4, -0.2) is 48.7 Å². The van der Waals surface area contributed by atoms with Crippen molar-refractivity contribution in [3.63, 3.8) is 0 Å². The van der Waals surface area contributed by atoms with E-state index in [0.717, 1.165) is 0 Å². The summed E-state index contributed by atoms with van der Waals surface area (Å²) < 4.78 is 0. The Morgan fingerprint density at radius 3 is 2.19 bits per heavy atom. The molecule has 8 heteroatoms. The van der Waals surface area contributed by atoms with E-state index in [9.17, 15) is 19.8 Å². The van der Waals surface area contributed by atoms with Gasteiger partial charge in [0.05, 0.1) is 5.69 Å². The van der Waals surface area contributed by atoms with E-state index in [0.29, 0.717) is 11.3 Å². The monoisotopic (exact) mass is 292 g/mol. The number of carboxylic acid groups (broad SMARTS) is 2. The Balaban J connectivity index is 2.22. The second kappa shape index (κ2) is 5.73. The molecule has 0 saturated carbocycles. The van der Waals surface area contributed by atoms with E-state index in [1.807, 2.05) is 0 Å². The topological polar surface area (TPSA) is 144 Å². The maximum absolute atomic E-state index is 10.7. The fourth-order valence-electron chi connectivity index (χ4n) is 1.75. The number of H-pyrrole nitrogens is 1. The Morgan fingerprint density at radius 1 is 1.10 bits per heavy atom. The summed E-state index contributed by atoms with van der Waals surface area (Å²) in [4.78, 5) is 21.3. The Labute approximate surface area is 118 Å². The summed E-state index contributed by atoms with van der Waals surface area (Å²) in [6, 6.07) is 7.28. The molecule has 110 valence electrons. The van der Waals surface area contributed by atoms with Crippen molar-refractivity contribution in [1.82, 2.24) is 10.2 Å². The van der Waals surface area contributed by atoms with Crippen molar-refractivity contribution < 1.29 is 30.0 Å². The minimum Gasteiger partial charge on any atom is -0.479 e. The number of hydrogen-bond acceptors (Lipinski definition) is 5. The van der Waals surface area contributed by atoms with Gasteiger partial charge >= 0.3 is 11.9 Å². The summed E-state index contributed by atoms with van der Waals surface area (Å²) in [6.45, 7) is 0.